The van der Waals surface area contributed by atoms with E-state index in [-0.39, 0.29) is 24.1 Å². The SMILES string of the molecule is COC(=O)c1ccc([C@@H](C(=O)NC2CCCCC2)N(C(=O)Cc2cccs2)c2ccccc2F)cc1. The number of rotatable bonds is 8. The summed E-state index contributed by atoms with van der Waals surface area (Å²) in [5, 5.41) is 4.98. The number of methoxy groups -OCH3 is 1. The highest BCUT2D eigenvalue weighted by molar-refractivity contribution is 7.10. The molecule has 0 unspecified atom stereocenters. The molecular weight excluding hydrogens is 479 g/mol. The second-order valence-electron chi connectivity index (χ2n) is 8.83. The van der Waals surface area contributed by atoms with Gasteiger partial charge in [-0.05, 0) is 54.1 Å². The maximum Gasteiger partial charge on any atom is 0.337 e. The number of esters is 1. The number of hydrogen-bond acceptors (Lipinski definition) is 5. The Hall–Kier alpha value is -3.52. The molecule has 6 nitrogen and oxygen atoms in total. The number of benzene rings is 2. The van der Waals surface area contributed by atoms with Gasteiger partial charge in [-0.2, -0.15) is 0 Å². The molecule has 0 bridgehead atoms. The van der Waals surface area contributed by atoms with Crippen LogP contribution >= 0.6 is 11.3 Å². The van der Waals surface area contributed by atoms with Crippen molar-refractivity contribution < 1.29 is 23.5 Å². The average Bonchev–Trinajstić information content (AvgIpc) is 3.41. The lowest BCUT2D eigenvalue weighted by Gasteiger charge is -2.33. The van der Waals surface area contributed by atoms with E-state index in [0.717, 1.165) is 37.0 Å². The van der Waals surface area contributed by atoms with Crippen LogP contribution in [-0.2, 0) is 20.7 Å². The van der Waals surface area contributed by atoms with Gasteiger partial charge in [0.05, 0.1) is 24.8 Å². The molecule has 188 valence electrons. The summed E-state index contributed by atoms with van der Waals surface area (Å²) in [7, 11) is 1.29. The van der Waals surface area contributed by atoms with Gasteiger partial charge >= 0.3 is 5.97 Å². The van der Waals surface area contributed by atoms with Crippen LogP contribution in [0.2, 0.25) is 0 Å². The van der Waals surface area contributed by atoms with E-state index in [2.05, 4.69) is 5.32 Å². The molecule has 0 radical (unpaired) electrons. The standard InChI is InChI=1S/C28H29FN2O4S/c1-35-28(34)20-15-13-19(14-16-20)26(27(33)30-21-8-3-2-4-9-21)31(24-12-6-5-11-23(24)29)25(32)18-22-10-7-17-36-22/h5-7,10-17,21,26H,2-4,8-9,18H2,1H3,(H,30,33)/t26-/m0/s1. The molecule has 4 rings (SSSR count). The summed E-state index contributed by atoms with van der Waals surface area (Å²) in [6, 6.07) is 14.8. The van der Waals surface area contributed by atoms with Gasteiger partial charge in [0.25, 0.3) is 0 Å². The number of ether oxygens (including phenoxy) is 1. The Morgan fingerprint density at radius 3 is 2.39 bits per heavy atom. The van der Waals surface area contributed by atoms with E-state index < -0.39 is 23.7 Å². The molecule has 1 aliphatic carbocycles. The van der Waals surface area contributed by atoms with Crippen molar-refractivity contribution in [1.29, 1.82) is 0 Å². The summed E-state index contributed by atoms with van der Waals surface area (Å²) < 4.78 is 19.9. The Balaban J connectivity index is 1.77. The molecule has 1 saturated carbocycles. The van der Waals surface area contributed by atoms with Gasteiger partial charge in [0.15, 0.2) is 0 Å². The smallest absolute Gasteiger partial charge is 0.337 e. The number of thiophene rings is 1. The van der Waals surface area contributed by atoms with Gasteiger partial charge in [-0.15, -0.1) is 11.3 Å². The first kappa shape index (κ1) is 25.6. The monoisotopic (exact) mass is 508 g/mol. The zero-order valence-electron chi connectivity index (χ0n) is 20.1. The van der Waals surface area contributed by atoms with Crippen LogP contribution in [0.1, 0.15) is 58.9 Å². The van der Waals surface area contributed by atoms with Gasteiger partial charge in [0, 0.05) is 10.9 Å². The topological polar surface area (TPSA) is 75.7 Å². The molecule has 1 aromatic heterocycles. The number of carbonyl (C=O) groups excluding carboxylic acids is 3. The third kappa shape index (κ3) is 5.99. The minimum atomic E-state index is -1.12. The first-order valence-electron chi connectivity index (χ1n) is 12.1. The van der Waals surface area contributed by atoms with Gasteiger partial charge in [0.1, 0.15) is 11.9 Å². The van der Waals surface area contributed by atoms with Crippen LogP contribution in [0.25, 0.3) is 0 Å². The summed E-state index contributed by atoms with van der Waals surface area (Å²) in [4.78, 5) is 41.5. The molecule has 1 heterocycles. The quantitative estimate of drug-likeness (QED) is 0.411. The molecule has 36 heavy (non-hydrogen) atoms. The fourth-order valence-corrected chi connectivity index (χ4v) is 5.27. The summed E-state index contributed by atoms with van der Waals surface area (Å²) >= 11 is 1.43. The highest BCUT2D eigenvalue weighted by Crippen LogP contribution is 2.32. The molecule has 1 atom stereocenters. The minimum absolute atomic E-state index is 0.00189. The molecule has 1 N–H and O–H groups in total. The van der Waals surface area contributed by atoms with Gasteiger partial charge in [-0.3, -0.25) is 14.5 Å². The van der Waals surface area contributed by atoms with Crippen LogP contribution in [0.15, 0.2) is 66.0 Å². The molecule has 0 spiro atoms. The van der Waals surface area contributed by atoms with Crippen molar-refractivity contribution in [2.24, 2.45) is 0 Å². The average molecular weight is 509 g/mol. The number of anilines is 1. The predicted molar refractivity (Wildman–Crippen MR) is 137 cm³/mol. The van der Waals surface area contributed by atoms with Crippen LogP contribution in [0.3, 0.4) is 0 Å². The molecule has 2 amide bonds. The van der Waals surface area contributed by atoms with Gasteiger partial charge in [0.2, 0.25) is 11.8 Å². The summed E-state index contributed by atoms with van der Waals surface area (Å²) in [5.41, 5.74) is 0.814. The van der Waals surface area contributed by atoms with E-state index in [1.54, 1.807) is 36.4 Å². The summed E-state index contributed by atoms with van der Waals surface area (Å²) in [6.07, 6.45) is 4.94. The van der Waals surface area contributed by atoms with Crippen molar-refractivity contribution >= 4 is 34.8 Å². The van der Waals surface area contributed by atoms with E-state index in [1.165, 1.54) is 35.5 Å². The molecule has 8 heteroatoms. The third-order valence-electron chi connectivity index (χ3n) is 6.39. The Kier molecular flexibility index (Phi) is 8.48. The fourth-order valence-electron chi connectivity index (χ4n) is 4.58. The lowest BCUT2D eigenvalue weighted by molar-refractivity contribution is -0.127. The van der Waals surface area contributed by atoms with Gasteiger partial charge < -0.3 is 10.1 Å². The second-order valence-corrected chi connectivity index (χ2v) is 9.86. The number of carbonyl (C=O) groups is 3. The predicted octanol–water partition coefficient (Wildman–Crippen LogP) is 5.44. The van der Waals surface area contributed by atoms with E-state index in [4.69, 9.17) is 4.74 Å². The van der Waals surface area contributed by atoms with E-state index in [1.807, 2.05) is 17.5 Å². The Morgan fingerprint density at radius 1 is 1.03 bits per heavy atom. The second kappa shape index (κ2) is 11.9. The van der Waals surface area contributed by atoms with Gasteiger partial charge in [-0.25, -0.2) is 9.18 Å². The van der Waals surface area contributed by atoms with Crippen molar-refractivity contribution in [2.45, 2.75) is 50.6 Å². The maximum atomic E-state index is 15.1. The summed E-state index contributed by atoms with van der Waals surface area (Å²) in [5.74, 6) is -1.89. The lowest BCUT2D eigenvalue weighted by Crippen LogP contribution is -2.48. The number of nitrogens with zero attached hydrogens (tertiary/aromatic N) is 1. The fraction of sp³-hybridized carbons (Fsp3) is 0.321. The molecule has 1 aliphatic rings. The first-order valence-corrected chi connectivity index (χ1v) is 12.9. The van der Waals surface area contributed by atoms with Crippen molar-refractivity contribution in [1.82, 2.24) is 5.32 Å². The van der Waals surface area contributed by atoms with Crippen molar-refractivity contribution in [3.8, 4) is 0 Å². The molecule has 2 aromatic carbocycles. The van der Waals surface area contributed by atoms with Gasteiger partial charge in [-0.1, -0.05) is 49.6 Å². The highest BCUT2D eigenvalue weighted by Gasteiger charge is 2.35. The number of para-hydroxylation sites is 1. The van der Waals surface area contributed by atoms with Crippen molar-refractivity contribution in [2.75, 3.05) is 12.0 Å². The molecule has 3 aromatic rings. The third-order valence-corrected chi connectivity index (χ3v) is 7.27. The number of hydrogen-bond donors (Lipinski definition) is 1. The van der Waals surface area contributed by atoms with E-state index in [9.17, 15) is 14.4 Å². The van der Waals surface area contributed by atoms with Crippen LogP contribution in [0.5, 0.6) is 0 Å². The molecule has 1 fully saturated rings. The van der Waals surface area contributed by atoms with E-state index >= 15 is 4.39 Å². The number of nitrogens with one attached hydrogen (secondary N) is 1. The Labute approximate surface area is 214 Å². The van der Waals surface area contributed by atoms with E-state index in [0.29, 0.717) is 11.1 Å². The lowest BCUT2D eigenvalue weighted by atomic mass is 9.94. The Bertz CT molecular complexity index is 1190. The zero-order valence-corrected chi connectivity index (χ0v) is 20.9. The molecule has 0 saturated heterocycles. The minimum Gasteiger partial charge on any atom is -0.465 e. The highest BCUT2D eigenvalue weighted by atomic mass is 32.1. The Morgan fingerprint density at radius 2 is 1.75 bits per heavy atom. The molecule has 0 aliphatic heterocycles. The largest absolute Gasteiger partial charge is 0.465 e. The zero-order chi connectivity index (χ0) is 25.5. The van der Waals surface area contributed by atoms with Crippen LogP contribution in [0.4, 0.5) is 10.1 Å². The van der Waals surface area contributed by atoms with Crippen LogP contribution < -0.4 is 10.2 Å². The normalized spacial score (nSPS) is 14.6. The van der Waals surface area contributed by atoms with Crippen molar-refractivity contribution in [3.63, 3.8) is 0 Å². The summed E-state index contributed by atoms with van der Waals surface area (Å²) in [6.45, 7) is 0. The van der Waals surface area contributed by atoms with Crippen LogP contribution in [0, 0.1) is 5.82 Å². The van der Waals surface area contributed by atoms with Crippen molar-refractivity contribution in [3.05, 3.63) is 87.9 Å². The molecular formula is C28H29FN2O4S. The first-order chi connectivity index (χ1) is 17.5. The van der Waals surface area contributed by atoms with Crippen LogP contribution in [-0.4, -0.2) is 30.9 Å². The maximum absolute atomic E-state index is 15.1. The number of amides is 2. The number of halogens is 1.